The first-order valence-corrected chi connectivity index (χ1v) is 11.0. The zero-order chi connectivity index (χ0) is 19.1. The molecule has 1 rings (SSSR count). The van der Waals surface area contributed by atoms with Gasteiger partial charge in [0.05, 0.1) is 5.41 Å². The highest BCUT2D eigenvalue weighted by Crippen LogP contribution is 2.35. The van der Waals surface area contributed by atoms with Gasteiger partial charge >= 0.3 is 0 Å². The number of hydrogen-bond acceptors (Lipinski definition) is 1. The third kappa shape index (κ3) is 8.87. The highest BCUT2D eigenvalue weighted by molar-refractivity contribution is 5.81. The number of primary amides is 1. The van der Waals surface area contributed by atoms with E-state index in [1.54, 1.807) is 0 Å². The third-order valence-electron chi connectivity index (χ3n) is 5.68. The van der Waals surface area contributed by atoms with Crippen molar-refractivity contribution in [3.63, 3.8) is 0 Å². The number of unbranched alkanes of at least 4 members (excludes halogenated alkanes) is 9. The predicted molar refractivity (Wildman–Crippen MR) is 113 cm³/mol. The summed E-state index contributed by atoms with van der Waals surface area (Å²) in [5.74, 6) is -0.0922. The third-order valence-corrected chi connectivity index (χ3v) is 5.68. The van der Waals surface area contributed by atoms with Crippen LogP contribution in [0.2, 0.25) is 0 Å². The van der Waals surface area contributed by atoms with Crippen molar-refractivity contribution in [2.45, 2.75) is 104 Å². The van der Waals surface area contributed by atoms with Gasteiger partial charge in [0.2, 0.25) is 5.91 Å². The van der Waals surface area contributed by atoms with Gasteiger partial charge in [-0.1, -0.05) is 115 Å². The molecule has 0 saturated heterocycles. The van der Waals surface area contributed by atoms with Gasteiger partial charge in [0.15, 0.2) is 0 Å². The molecule has 1 atom stereocenters. The first-order chi connectivity index (χ1) is 12.6. The summed E-state index contributed by atoms with van der Waals surface area (Å²) in [6.07, 6.45) is 16.4. The normalized spacial score (nSPS) is 13.5. The Bertz CT molecular complexity index is 470. The Morgan fingerprint density at radius 2 is 1.23 bits per heavy atom. The number of nitrogens with two attached hydrogens (primary N) is 1. The number of rotatable bonds is 16. The molecule has 0 spiro atoms. The van der Waals surface area contributed by atoms with Crippen molar-refractivity contribution in [1.29, 1.82) is 0 Å². The second-order valence-corrected chi connectivity index (χ2v) is 7.99. The molecule has 2 heteroatoms. The monoisotopic (exact) mass is 359 g/mol. The summed E-state index contributed by atoms with van der Waals surface area (Å²) in [5.41, 5.74) is 6.86. The first kappa shape index (κ1) is 22.7. The van der Waals surface area contributed by atoms with E-state index in [9.17, 15) is 4.79 Å². The van der Waals surface area contributed by atoms with Crippen molar-refractivity contribution in [2.75, 3.05) is 0 Å². The Labute approximate surface area is 162 Å². The highest BCUT2D eigenvalue weighted by Gasteiger charge is 2.35. The van der Waals surface area contributed by atoms with Crippen molar-refractivity contribution in [1.82, 2.24) is 0 Å². The van der Waals surface area contributed by atoms with E-state index in [0.29, 0.717) is 0 Å². The second kappa shape index (κ2) is 13.8. The summed E-state index contributed by atoms with van der Waals surface area (Å²) in [4.78, 5) is 12.5. The van der Waals surface area contributed by atoms with Gasteiger partial charge in [-0.05, 0) is 24.8 Å². The van der Waals surface area contributed by atoms with Crippen LogP contribution in [0, 0.1) is 5.41 Å². The molecule has 0 aliphatic rings. The molecule has 1 aromatic carbocycles. The summed E-state index contributed by atoms with van der Waals surface area (Å²) in [7, 11) is 0. The SMILES string of the molecule is CCCCCCCCC(CCCCCCC)(Cc1ccccc1)C(N)=O. The zero-order valence-electron chi connectivity index (χ0n) is 17.3. The van der Waals surface area contributed by atoms with Gasteiger partial charge in [0, 0.05) is 0 Å². The van der Waals surface area contributed by atoms with Crippen molar-refractivity contribution >= 4 is 5.91 Å². The minimum absolute atomic E-state index is 0.0922. The molecule has 0 bridgehead atoms. The second-order valence-electron chi connectivity index (χ2n) is 7.99. The highest BCUT2D eigenvalue weighted by atomic mass is 16.1. The van der Waals surface area contributed by atoms with Gasteiger partial charge in [-0.25, -0.2) is 0 Å². The summed E-state index contributed by atoms with van der Waals surface area (Å²) < 4.78 is 0. The molecule has 0 fully saturated rings. The van der Waals surface area contributed by atoms with Crippen molar-refractivity contribution in [3.8, 4) is 0 Å². The molecule has 1 amide bonds. The van der Waals surface area contributed by atoms with Crippen LogP contribution in [0.1, 0.15) is 103 Å². The van der Waals surface area contributed by atoms with E-state index in [2.05, 4.69) is 38.1 Å². The van der Waals surface area contributed by atoms with Gasteiger partial charge in [0.1, 0.15) is 0 Å². The summed E-state index contributed by atoms with van der Waals surface area (Å²) in [5, 5.41) is 0. The molecule has 0 radical (unpaired) electrons. The standard InChI is InChI=1S/C24H41NO/c1-3-5-7-9-11-16-20-24(23(25)26,19-15-10-8-6-4-2)21-22-17-13-12-14-18-22/h12-14,17-18H,3-11,15-16,19-21H2,1-2H3,(H2,25,26). The minimum atomic E-state index is -0.363. The molecule has 0 aliphatic heterocycles. The van der Waals surface area contributed by atoms with E-state index in [0.717, 1.165) is 32.1 Å². The van der Waals surface area contributed by atoms with E-state index in [1.165, 1.54) is 63.4 Å². The Morgan fingerprint density at radius 3 is 1.69 bits per heavy atom. The average Bonchev–Trinajstić information content (AvgIpc) is 2.64. The predicted octanol–water partition coefficient (Wildman–Crippen LogP) is 6.81. The van der Waals surface area contributed by atoms with E-state index in [1.807, 2.05) is 6.07 Å². The van der Waals surface area contributed by atoms with Gasteiger partial charge in [-0.3, -0.25) is 4.79 Å². The van der Waals surface area contributed by atoms with E-state index in [-0.39, 0.29) is 11.3 Å². The van der Waals surface area contributed by atoms with Crippen LogP contribution >= 0.6 is 0 Å². The van der Waals surface area contributed by atoms with Crippen LogP contribution in [-0.2, 0) is 11.2 Å². The van der Waals surface area contributed by atoms with Crippen LogP contribution < -0.4 is 5.73 Å². The molecule has 148 valence electrons. The fraction of sp³-hybridized carbons (Fsp3) is 0.708. The van der Waals surface area contributed by atoms with Crippen molar-refractivity contribution in [3.05, 3.63) is 35.9 Å². The molecule has 0 saturated carbocycles. The smallest absolute Gasteiger partial charge is 0.223 e. The largest absolute Gasteiger partial charge is 0.369 e. The molecular formula is C24H41NO. The summed E-state index contributed by atoms with van der Waals surface area (Å²) >= 11 is 0. The molecule has 2 nitrogen and oxygen atoms in total. The maximum Gasteiger partial charge on any atom is 0.223 e. The lowest BCUT2D eigenvalue weighted by Crippen LogP contribution is -2.39. The summed E-state index contributed by atoms with van der Waals surface area (Å²) in [6.45, 7) is 4.48. The lowest BCUT2D eigenvalue weighted by Gasteiger charge is -2.31. The molecule has 1 aromatic rings. The molecule has 0 aliphatic carbocycles. The van der Waals surface area contributed by atoms with Crippen LogP contribution in [-0.4, -0.2) is 5.91 Å². The fourth-order valence-corrected chi connectivity index (χ4v) is 3.93. The molecular weight excluding hydrogens is 318 g/mol. The lowest BCUT2D eigenvalue weighted by molar-refractivity contribution is -0.128. The number of hydrogen-bond donors (Lipinski definition) is 1. The molecule has 2 N–H and O–H groups in total. The summed E-state index contributed by atoms with van der Waals surface area (Å²) in [6, 6.07) is 10.4. The number of amides is 1. The Kier molecular flexibility index (Phi) is 12.1. The van der Waals surface area contributed by atoms with Crippen molar-refractivity contribution < 1.29 is 4.79 Å². The lowest BCUT2D eigenvalue weighted by atomic mass is 9.73. The van der Waals surface area contributed by atoms with Crippen LogP contribution in [0.15, 0.2) is 30.3 Å². The molecule has 0 heterocycles. The molecule has 26 heavy (non-hydrogen) atoms. The van der Waals surface area contributed by atoms with Gasteiger partial charge in [-0.2, -0.15) is 0 Å². The van der Waals surface area contributed by atoms with Crippen LogP contribution in [0.25, 0.3) is 0 Å². The Morgan fingerprint density at radius 1 is 0.769 bits per heavy atom. The number of carbonyl (C=O) groups is 1. The molecule has 0 aromatic heterocycles. The minimum Gasteiger partial charge on any atom is -0.369 e. The van der Waals surface area contributed by atoms with Gasteiger partial charge < -0.3 is 5.73 Å². The zero-order valence-corrected chi connectivity index (χ0v) is 17.3. The Hall–Kier alpha value is -1.31. The Balaban J connectivity index is 2.67. The van der Waals surface area contributed by atoms with E-state index < -0.39 is 0 Å². The van der Waals surface area contributed by atoms with Crippen molar-refractivity contribution in [2.24, 2.45) is 11.1 Å². The maximum atomic E-state index is 12.5. The molecule has 1 unspecified atom stereocenters. The quantitative estimate of drug-likeness (QED) is 0.324. The van der Waals surface area contributed by atoms with Crippen LogP contribution in [0.5, 0.6) is 0 Å². The number of benzene rings is 1. The maximum absolute atomic E-state index is 12.5. The van der Waals surface area contributed by atoms with Crippen LogP contribution in [0.3, 0.4) is 0 Å². The van der Waals surface area contributed by atoms with Crippen LogP contribution in [0.4, 0.5) is 0 Å². The van der Waals surface area contributed by atoms with E-state index in [4.69, 9.17) is 5.73 Å². The fourth-order valence-electron chi connectivity index (χ4n) is 3.93. The topological polar surface area (TPSA) is 43.1 Å². The first-order valence-electron chi connectivity index (χ1n) is 11.0. The van der Waals surface area contributed by atoms with E-state index >= 15 is 0 Å². The van der Waals surface area contributed by atoms with Gasteiger partial charge in [0.25, 0.3) is 0 Å². The van der Waals surface area contributed by atoms with Gasteiger partial charge in [-0.15, -0.1) is 0 Å². The average molecular weight is 360 g/mol. The number of carbonyl (C=O) groups excluding carboxylic acids is 1.